The maximum atomic E-state index is 13.3. The van der Waals surface area contributed by atoms with Crippen molar-refractivity contribution in [2.45, 2.75) is 13.0 Å². The fourth-order valence-electron chi connectivity index (χ4n) is 1.39. The second kappa shape index (κ2) is 7.40. The Bertz CT molecular complexity index is 457. The lowest BCUT2D eigenvalue weighted by Gasteiger charge is -2.13. The molecule has 0 heterocycles. The number of carbonyl (C=O) groups excluding carboxylic acids is 1. The maximum absolute atomic E-state index is 13.3. The van der Waals surface area contributed by atoms with Crippen LogP contribution in [0.25, 0.3) is 0 Å². The number of ether oxygens (including phenoxy) is 2. The summed E-state index contributed by atoms with van der Waals surface area (Å²) in [6.07, 6.45) is 0. The van der Waals surface area contributed by atoms with E-state index in [9.17, 15) is 13.6 Å². The van der Waals surface area contributed by atoms with Gasteiger partial charge in [-0.3, -0.25) is 4.79 Å². The van der Waals surface area contributed by atoms with Crippen LogP contribution in [0.5, 0.6) is 5.75 Å². The van der Waals surface area contributed by atoms with E-state index < -0.39 is 24.1 Å². The third kappa shape index (κ3) is 5.12. The van der Waals surface area contributed by atoms with Crippen molar-refractivity contribution in [1.29, 1.82) is 0 Å². The summed E-state index contributed by atoms with van der Waals surface area (Å²) < 4.78 is 36.5. The molecule has 19 heavy (non-hydrogen) atoms. The van der Waals surface area contributed by atoms with E-state index in [0.29, 0.717) is 11.1 Å². The number of rotatable bonds is 6. The zero-order valence-electron chi connectivity index (χ0n) is 10.5. The quantitative estimate of drug-likeness (QED) is 0.810. The topological polar surface area (TPSA) is 47.6 Å². The van der Waals surface area contributed by atoms with Gasteiger partial charge in [0.05, 0.1) is 6.61 Å². The summed E-state index contributed by atoms with van der Waals surface area (Å²) >= 11 is 3.01. The Hall–Kier alpha value is -1.21. The number of nitrogens with one attached hydrogen (secondary N) is 1. The molecule has 7 heteroatoms. The van der Waals surface area contributed by atoms with Crippen LogP contribution in [0.15, 0.2) is 16.6 Å². The van der Waals surface area contributed by atoms with Crippen LogP contribution in [0.1, 0.15) is 6.92 Å². The van der Waals surface area contributed by atoms with Crippen molar-refractivity contribution in [3.8, 4) is 5.75 Å². The molecular formula is C12H14BrF2NO3. The van der Waals surface area contributed by atoms with Crippen molar-refractivity contribution in [3.05, 3.63) is 28.2 Å². The Kier molecular flexibility index (Phi) is 6.17. The van der Waals surface area contributed by atoms with Gasteiger partial charge >= 0.3 is 0 Å². The Morgan fingerprint density at radius 3 is 2.79 bits per heavy atom. The van der Waals surface area contributed by atoms with Crippen molar-refractivity contribution < 1.29 is 23.0 Å². The van der Waals surface area contributed by atoms with Gasteiger partial charge in [0, 0.05) is 17.6 Å². The van der Waals surface area contributed by atoms with Gasteiger partial charge in [0.2, 0.25) is 5.82 Å². The van der Waals surface area contributed by atoms with Crippen LogP contribution in [0, 0.1) is 11.6 Å². The molecule has 0 aliphatic rings. The van der Waals surface area contributed by atoms with Gasteiger partial charge in [-0.15, -0.1) is 0 Å². The summed E-state index contributed by atoms with van der Waals surface area (Å²) in [5.74, 6) is -2.93. The van der Waals surface area contributed by atoms with Crippen LogP contribution in [0.3, 0.4) is 0 Å². The van der Waals surface area contributed by atoms with Crippen LogP contribution < -0.4 is 10.1 Å². The molecule has 0 aromatic heterocycles. The van der Waals surface area contributed by atoms with Gasteiger partial charge in [-0.25, -0.2) is 4.39 Å². The largest absolute Gasteiger partial charge is 0.481 e. The lowest BCUT2D eigenvalue weighted by Crippen LogP contribution is -2.38. The van der Waals surface area contributed by atoms with Crippen molar-refractivity contribution in [3.63, 3.8) is 0 Å². The van der Waals surface area contributed by atoms with Gasteiger partial charge in [0.15, 0.2) is 18.2 Å². The number of amides is 1. The van der Waals surface area contributed by atoms with Crippen molar-refractivity contribution in [1.82, 2.24) is 5.32 Å². The SMILES string of the molecule is COCC(C)NC(=O)COc1cc(Br)cc(F)c1F. The van der Waals surface area contributed by atoms with Gasteiger partial charge in [0.1, 0.15) is 0 Å². The first-order chi connectivity index (χ1) is 8.93. The first-order valence-corrected chi connectivity index (χ1v) is 6.29. The molecule has 0 fully saturated rings. The van der Waals surface area contributed by atoms with E-state index in [-0.39, 0.29) is 11.8 Å². The highest BCUT2D eigenvalue weighted by molar-refractivity contribution is 9.10. The molecule has 0 saturated carbocycles. The van der Waals surface area contributed by atoms with Gasteiger partial charge in [-0.2, -0.15) is 4.39 Å². The first kappa shape index (κ1) is 15.8. The van der Waals surface area contributed by atoms with E-state index in [2.05, 4.69) is 21.2 Å². The molecule has 1 N–H and O–H groups in total. The second-order valence-corrected chi connectivity index (χ2v) is 4.83. The molecular weight excluding hydrogens is 324 g/mol. The van der Waals surface area contributed by atoms with Crippen LogP contribution in [-0.2, 0) is 9.53 Å². The van der Waals surface area contributed by atoms with Crippen LogP contribution >= 0.6 is 15.9 Å². The molecule has 0 bridgehead atoms. The highest BCUT2D eigenvalue weighted by Gasteiger charge is 2.13. The average molecular weight is 338 g/mol. The van der Waals surface area contributed by atoms with E-state index in [1.807, 2.05) is 0 Å². The van der Waals surface area contributed by atoms with E-state index in [1.54, 1.807) is 6.92 Å². The lowest BCUT2D eigenvalue weighted by atomic mass is 10.3. The molecule has 1 rings (SSSR count). The van der Waals surface area contributed by atoms with Crippen LogP contribution in [0.2, 0.25) is 0 Å². The molecule has 0 spiro atoms. The number of hydrogen-bond acceptors (Lipinski definition) is 3. The first-order valence-electron chi connectivity index (χ1n) is 5.49. The molecule has 0 radical (unpaired) electrons. The molecule has 0 aliphatic carbocycles. The normalized spacial score (nSPS) is 12.1. The fraction of sp³-hybridized carbons (Fsp3) is 0.417. The Morgan fingerprint density at radius 1 is 1.47 bits per heavy atom. The van der Waals surface area contributed by atoms with E-state index >= 15 is 0 Å². The summed E-state index contributed by atoms with van der Waals surface area (Å²) in [6, 6.07) is 2.04. The Morgan fingerprint density at radius 2 is 2.16 bits per heavy atom. The number of methoxy groups -OCH3 is 1. The standard InChI is InChI=1S/C12H14BrF2NO3/c1-7(5-18-2)16-11(17)6-19-10-4-8(13)3-9(14)12(10)15/h3-4,7H,5-6H2,1-2H3,(H,16,17). The van der Waals surface area contributed by atoms with E-state index in [0.717, 1.165) is 6.07 Å². The monoisotopic (exact) mass is 337 g/mol. The second-order valence-electron chi connectivity index (χ2n) is 3.91. The molecule has 1 aromatic carbocycles. The fourth-order valence-corrected chi connectivity index (χ4v) is 1.80. The minimum atomic E-state index is -1.12. The number of benzene rings is 1. The van der Waals surface area contributed by atoms with Gasteiger partial charge in [-0.1, -0.05) is 15.9 Å². The zero-order chi connectivity index (χ0) is 14.4. The summed E-state index contributed by atoms with van der Waals surface area (Å²) in [7, 11) is 1.51. The maximum Gasteiger partial charge on any atom is 0.258 e. The van der Waals surface area contributed by atoms with Crippen molar-refractivity contribution >= 4 is 21.8 Å². The Labute approximate surface area is 118 Å². The number of carbonyl (C=O) groups is 1. The van der Waals surface area contributed by atoms with Crippen molar-refractivity contribution in [2.75, 3.05) is 20.3 Å². The average Bonchev–Trinajstić information content (AvgIpc) is 2.32. The van der Waals surface area contributed by atoms with Gasteiger partial charge in [-0.05, 0) is 19.1 Å². The summed E-state index contributed by atoms with van der Waals surface area (Å²) in [5, 5.41) is 2.58. The van der Waals surface area contributed by atoms with Gasteiger partial charge < -0.3 is 14.8 Å². The third-order valence-electron chi connectivity index (χ3n) is 2.14. The summed E-state index contributed by atoms with van der Waals surface area (Å²) in [6.45, 7) is 1.70. The number of halogens is 3. The molecule has 1 atom stereocenters. The van der Waals surface area contributed by atoms with Crippen LogP contribution in [-0.4, -0.2) is 32.3 Å². The minimum absolute atomic E-state index is 0.190. The Balaban J connectivity index is 2.55. The van der Waals surface area contributed by atoms with Gasteiger partial charge in [0.25, 0.3) is 5.91 Å². The molecule has 0 aliphatic heterocycles. The minimum Gasteiger partial charge on any atom is -0.481 e. The highest BCUT2D eigenvalue weighted by atomic mass is 79.9. The smallest absolute Gasteiger partial charge is 0.258 e. The summed E-state index contributed by atoms with van der Waals surface area (Å²) in [5.41, 5.74) is 0. The predicted octanol–water partition coefficient (Wildman–Crippen LogP) is 2.26. The highest BCUT2D eigenvalue weighted by Crippen LogP contribution is 2.25. The van der Waals surface area contributed by atoms with Crippen LogP contribution in [0.4, 0.5) is 8.78 Å². The predicted molar refractivity (Wildman–Crippen MR) is 69.0 cm³/mol. The van der Waals surface area contributed by atoms with Crippen molar-refractivity contribution in [2.24, 2.45) is 0 Å². The third-order valence-corrected chi connectivity index (χ3v) is 2.60. The molecule has 1 aromatic rings. The lowest BCUT2D eigenvalue weighted by molar-refractivity contribution is -0.124. The number of hydrogen-bond donors (Lipinski definition) is 1. The molecule has 1 amide bonds. The van der Waals surface area contributed by atoms with E-state index in [4.69, 9.17) is 9.47 Å². The van der Waals surface area contributed by atoms with E-state index in [1.165, 1.54) is 13.2 Å². The molecule has 106 valence electrons. The molecule has 0 saturated heterocycles. The summed E-state index contributed by atoms with van der Waals surface area (Å²) in [4.78, 5) is 11.5. The molecule has 1 unspecified atom stereocenters. The zero-order valence-corrected chi connectivity index (χ0v) is 12.1. The molecule has 4 nitrogen and oxygen atoms in total.